The van der Waals surface area contributed by atoms with E-state index in [1.165, 1.54) is 0 Å². The van der Waals surface area contributed by atoms with Crippen LogP contribution in [-0.4, -0.2) is 58.5 Å². The molecular formula is C21H33N7O2S. The lowest BCUT2D eigenvalue weighted by Gasteiger charge is -2.45. The summed E-state index contributed by atoms with van der Waals surface area (Å²) < 4.78 is 32.7. The third-order valence-electron chi connectivity index (χ3n) is 7.55. The molecule has 0 bridgehead atoms. The summed E-state index contributed by atoms with van der Waals surface area (Å²) in [6.45, 7) is 5.52. The van der Waals surface area contributed by atoms with Crippen molar-refractivity contribution in [3.05, 3.63) is 23.9 Å². The van der Waals surface area contributed by atoms with Gasteiger partial charge in [0.05, 0.1) is 12.3 Å². The molecule has 1 aliphatic carbocycles. The summed E-state index contributed by atoms with van der Waals surface area (Å²) >= 11 is 0. The molecule has 1 saturated carbocycles. The van der Waals surface area contributed by atoms with Crippen LogP contribution in [0.5, 0.6) is 0 Å². The van der Waals surface area contributed by atoms with Gasteiger partial charge in [-0.3, -0.25) is 9.56 Å². The zero-order valence-corrected chi connectivity index (χ0v) is 19.2. The van der Waals surface area contributed by atoms with Gasteiger partial charge in [0.1, 0.15) is 12.0 Å². The molecule has 1 aromatic heterocycles. The third-order valence-corrected chi connectivity index (χ3v) is 9.34. The zero-order chi connectivity index (χ0) is 21.7. The van der Waals surface area contributed by atoms with Gasteiger partial charge in [0.15, 0.2) is 5.82 Å². The summed E-state index contributed by atoms with van der Waals surface area (Å²) in [6, 6.07) is 0.0979. The Morgan fingerprint density at radius 2 is 1.94 bits per heavy atom. The predicted octanol–water partition coefficient (Wildman–Crippen LogP) is 2.00. The van der Waals surface area contributed by atoms with Crippen molar-refractivity contribution in [1.29, 1.82) is 0 Å². The fourth-order valence-corrected chi connectivity index (χ4v) is 7.45. The molecule has 31 heavy (non-hydrogen) atoms. The highest BCUT2D eigenvalue weighted by Gasteiger charge is 2.47. The summed E-state index contributed by atoms with van der Waals surface area (Å²) in [5.74, 6) is 1.84. The van der Waals surface area contributed by atoms with Crippen LogP contribution in [0.1, 0.15) is 82.9 Å². The van der Waals surface area contributed by atoms with E-state index in [2.05, 4.69) is 49.7 Å². The lowest BCUT2D eigenvalue weighted by Crippen LogP contribution is -2.55. The fraction of sp³-hybridized carbons (Fsp3) is 0.762. The maximum absolute atomic E-state index is 12.9. The molecule has 5 rings (SSSR count). The van der Waals surface area contributed by atoms with Gasteiger partial charge < -0.3 is 5.32 Å². The second-order valence-corrected chi connectivity index (χ2v) is 11.5. The summed E-state index contributed by atoms with van der Waals surface area (Å²) in [5, 5.41) is 12.4. The number of aliphatic imine (C=N–C) groups is 1. The van der Waals surface area contributed by atoms with Gasteiger partial charge in [-0.2, -0.15) is 17.4 Å². The molecule has 4 aliphatic rings. The Morgan fingerprint density at radius 3 is 2.65 bits per heavy atom. The second kappa shape index (κ2) is 7.67. The van der Waals surface area contributed by atoms with Crippen LogP contribution < -0.4 is 10.0 Å². The summed E-state index contributed by atoms with van der Waals surface area (Å²) in [7, 11) is -3.43. The first kappa shape index (κ1) is 21.1. The van der Waals surface area contributed by atoms with Crippen LogP contribution in [0.25, 0.3) is 0 Å². The van der Waals surface area contributed by atoms with Gasteiger partial charge in [0.2, 0.25) is 0 Å². The van der Waals surface area contributed by atoms with Gasteiger partial charge in [-0.05, 0) is 64.1 Å². The smallest absolute Gasteiger partial charge is 0.279 e. The molecule has 2 N–H and O–H groups in total. The Bertz CT molecular complexity index is 985. The minimum Gasteiger partial charge on any atom is -0.368 e. The van der Waals surface area contributed by atoms with E-state index in [1.54, 1.807) is 4.31 Å². The van der Waals surface area contributed by atoms with Crippen molar-refractivity contribution in [2.75, 3.05) is 13.1 Å². The number of nitrogens with one attached hydrogen (secondary N) is 2. The first-order chi connectivity index (χ1) is 14.9. The summed E-state index contributed by atoms with van der Waals surface area (Å²) in [5.41, 5.74) is -0.521. The highest BCUT2D eigenvalue weighted by Crippen LogP contribution is 2.47. The van der Waals surface area contributed by atoms with Crippen molar-refractivity contribution in [3.8, 4) is 0 Å². The summed E-state index contributed by atoms with van der Waals surface area (Å²) in [4.78, 5) is 4.56. The van der Waals surface area contributed by atoms with E-state index in [1.807, 2.05) is 12.4 Å². The lowest BCUT2D eigenvalue weighted by atomic mass is 9.65. The Labute approximate surface area is 184 Å². The number of aromatic nitrogens is 3. The molecule has 0 spiro atoms. The van der Waals surface area contributed by atoms with Crippen molar-refractivity contribution in [3.63, 3.8) is 0 Å². The molecule has 170 valence electrons. The molecule has 3 aliphatic heterocycles. The SMILES string of the molecule is CCCC1(c2nnc3n2C2C=CNC2N=C3)CCC(C)(NS(=O)(=O)N2CCCC2)CC1. The number of rotatable bonds is 6. The summed E-state index contributed by atoms with van der Waals surface area (Å²) in [6.07, 6.45) is 13.2. The molecule has 1 saturated heterocycles. The molecule has 1 aromatic rings. The maximum atomic E-state index is 12.9. The Kier molecular flexibility index (Phi) is 5.22. The molecule has 0 aromatic carbocycles. The van der Waals surface area contributed by atoms with Crippen molar-refractivity contribution < 1.29 is 8.42 Å². The van der Waals surface area contributed by atoms with Crippen molar-refractivity contribution >= 4 is 16.4 Å². The van der Waals surface area contributed by atoms with E-state index < -0.39 is 15.7 Å². The molecule has 10 heteroatoms. The molecule has 0 radical (unpaired) electrons. The average Bonchev–Trinajstić information content (AvgIpc) is 3.49. The van der Waals surface area contributed by atoms with Crippen LogP contribution in [0.2, 0.25) is 0 Å². The Morgan fingerprint density at radius 1 is 1.19 bits per heavy atom. The van der Waals surface area contributed by atoms with Gasteiger partial charge in [0.25, 0.3) is 10.2 Å². The normalized spacial score (nSPS) is 35.2. The minimum absolute atomic E-state index is 0.00190. The fourth-order valence-electron chi connectivity index (χ4n) is 5.76. The van der Waals surface area contributed by atoms with E-state index in [-0.39, 0.29) is 17.6 Å². The number of nitrogens with zero attached hydrogens (tertiary/aromatic N) is 5. The van der Waals surface area contributed by atoms with Gasteiger partial charge in [-0.25, -0.2) is 0 Å². The highest BCUT2D eigenvalue weighted by molar-refractivity contribution is 7.87. The van der Waals surface area contributed by atoms with Gasteiger partial charge in [-0.15, -0.1) is 10.2 Å². The highest BCUT2D eigenvalue weighted by atomic mass is 32.2. The predicted molar refractivity (Wildman–Crippen MR) is 119 cm³/mol. The quantitative estimate of drug-likeness (QED) is 0.694. The molecule has 2 fully saturated rings. The van der Waals surface area contributed by atoms with Crippen molar-refractivity contribution in [1.82, 2.24) is 29.1 Å². The van der Waals surface area contributed by atoms with E-state index in [0.29, 0.717) is 13.1 Å². The van der Waals surface area contributed by atoms with Gasteiger partial charge in [-0.1, -0.05) is 13.3 Å². The van der Waals surface area contributed by atoms with E-state index in [9.17, 15) is 8.42 Å². The number of hydrogen-bond acceptors (Lipinski definition) is 6. The van der Waals surface area contributed by atoms with Crippen LogP contribution in [-0.2, 0) is 15.6 Å². The molecule has 2 atom stereocenters. The number of fused-ring (bicyclic) bond motifs is 3. The molecule has 9 nitrogen and oxygen atoms in total. The zero-order valence-electron chi connectivity index (χ0n) is 18.4. The molecule has 4 heterocycles. The van der Waals surface area contributed by atoms with Crippen LogP contribution in [0.4, 0.5) is 0 Å². The minimum atomic E-state index is -3.43. The molecule has 2 unspecified atom stereocenters. The monoisotopic (exact) mass is 447 g/mol. The largest absolute Gasteiger partial charge is 0.368 e. The first-order valence-corrected chi connectivity index (χ1v) is 13.0. The second-order valence-electron chi connectivity index (χ2n) is 9.80. The number of hydrogen-bond donors (Lipinski definition) is 2. The Balaban J connectivity index is 1.39. The van der Waals surface area contributed by atoms with Crippen LogP contribution in [0.15, 0.2) is 17.3 Å². The van der Waals surface area contributed by atoms with E-state index >= 15 is 0 Å². The van der Waals surface area contributed by atoms with Crippen molar-refractivity contribution in [2.45, 2.75) is 88.4 Å². The third kappa shape index (κ3) is 3.62. The molecular weight excluding hydrogens is 414 g/mol. The topological polar surface area (TPSA) is 105 Å². The van der Waals surface area contributed by atoms with Crippen LogP contribution >= 0.6 is 0 Å². The Hall–Kier alpha value is -1.78. The van der Waals surface area contributed by atoms with E-state index in [0.717, 1.165) is 63.0 Å². The standard InChI is InChI=1S/C21H33N7O2S/c1-3-7-21(19-25-24-17-15-23-18-16(28(17)19)6-12-22-18)10-8-20(2,9-11-21)26-31(29,30)27-13-4-5-14-27/h6,12,15-16,18,22,26H,3-5,7-11,13-14H2,1-2H3. The average molecular weight is 448 g/mol. The van der Waals surface area contributed by atoms with Crippen LogP contribution in [0.3, 0.4) is 0 Å². The van der Waals surface area contributed by atoms with Crippen molar-refractivity contribution in [2.24, 2.45) is 4.99 Å². The first-order valence-electron chi connectivity index (χ1n) is 11.6. The maximum Gasteiger partial charge on any atom is 0.279 e. The van der Waals surface area contributed by atoms with Crippen LogP contribution in [0, 0.1) is 0 Å². The molecule has 0 amide bonds. The van der Waals surface area contributed by atoms with Gasteiger partial charge in [0, 0.05) is 24.0 Å². The van der Waals surface area contributed by atoms with Gasteiger partial charge >= 0.3 is 0 Å². The van der Waals surface area contributed by atoms with E-state index in [4.69, 9.17) is 0 Å². The lowest BCUT2D eigenvalue weighted by molar-refractivity contribution is 0.170.